The van der Waals surface area contributed by atoms with Gasteiger partial charge < -0.3 is 14.9 Å². The number of halogens is 1. The van der Waals surface area contributed by atoms with Gasteiger partial charge in [-0.15, -0.1) is 17.0 Å². The second-order valence-electron chi connectivity index (χ2n) is 3.57. The van der Waals surface area contributed by atoms with Crippen molar-refractivity contribution in [1.29, 1.82) is 0 Å². The number of hydrogen-bond acceptors (Lipinski definition) is 4. The largest absolute Gasteiger partial charge is 0.508 e. The summed E-state index contributed by atoms with van der Waals surface area (Å²) < 4.78 is 0. The van der Waals surface area contributed by atoms with Gasteiger partial charge in [-0.1, -0.05) is 0 Å². The van der Waals surface area contributed by atoms with Crippen LogP contribution in [0.4, 0.5) is 11.4 Å². The SMILES string of the molecule is Br.CN1C2=NCCN2c2cc(O)ccc21. The molecule has 0 atom stereocenters. The number of fused-ring (bicyclic) bond motifs is 3. The van der Waals surface area contributed by atoms with Gasteiger partial charge in [0.1, 0.15) is 5.75 Å². The summed E-state index contributed by atoms with van der Waals surface area (Å²) in [6.45, 7) is 1.75. The molecule has 0 bridgehead atoms. The van der Waals surface area contributed by atoms with Gasteiger partial charge in [0.2, 0.25) is 5.96 Å². The minimum absolute atomic E-state index is 0. The Morgan fingerprint density at radius 1 is 1.33 bits per heavy atom. The van der Waals surface area contributed by atoms with Gasteiger partial charge in [0.25, 0.3) is 0 Å². The lowest BCUT2D eigenvalue weighted by Crippen LogP contribution is -2.32. The van der Waals surface area contributed by atoms with Crippen LogP contribution in [0.1, 0.15) is 0 Å². The first kappa shape index (κ1) is 10.3. The molecule has 0 saturated carbocycles. The van der Waals surface area contributed by atoms with Crippen LogP contribution in [0.3, 0.4) is 0 Å². The minimum Gasteiger partial charge on any atom is -0.508 e. The molecule has 2 aliphatic rings. The molecule has 0 amide bonds. The van der Waals surface area contributed by atoms with E-state index in [0.717, 1.165) is 30.4 Å². The quantitative estimate of drug-likeness (QED) is 0.778. The van der Waals surface area contributed by atoms with E-state index >= 15 is 0 Å². The average Bonchev–Trinajstić information content (AvgIpc) is 2.71. The Bertz CT molecular complexity index is 433. The van der Waals surface area contributed by atoms with Crippen molar-refractivity contribution in [3.05, 3.63) is 18.2 Å². The second kappa shape index (κ2) is 3.41. The number of phenolic OH excluding ortho intramolecular Hbond substituents is 1. The fraction of sp³-hybridized carbons (Fsp3) is 0.300. The van der Waals surface area contributed by atoms with Gasteiger partial charge in [-0.25, -0.2) is 0 Å². The van der Waals surface area contributed by atoms with Gasteiger partial charge in [0.15, 0.2) is 0 Å². The van der Waals surface area contributed by atoms with E-state index in [2.05, 4.69) is 14.8 Å². The molecule has 4 nitrogen and oxygen atoms in total. The number of aliphatic imine (C=N–C) groups is 1. The van der Waals surface area contributed by atoms with Crippen molar-refractivity contribution in [2.24, 2.45) is 4.99 Å². The van der Waals surface area contributed by atoms with Crippen LogP contribution in [0, 0.1) is 0 Å². The normalized spacial score (nSPS) is 17.0. The summed E-state index contributed by atoms with van der Waals surface area (Å²) in [5.74, 6) is 1.30. The summed E-state index contributed by atoms with van der Waals surface area (Å²) in [6, 6.07) is 5.42. The number of guanidine groups is 1. The van der Waals surface area contributed by atoms with Gasteiger partial charge in [-0.2, -0.15) is 0 Å². The molecule has 0 aromatic heterocycles. The molecule has 3 rings (SSSR count). The van der Waals surface area contributed by atoms with E-state index in [1.165, 1.54) is 0 Å². The van der Waals surface area contributed by atoms with Gasteiger partial charge in [-0.3, -0.25) is 4.99 Å². The van der Waals surface area contributed by atoms with E-state index < -0.39 is 0 Å². The highest BCUT2D eigenvalue weighted by Crippen LogP contribution is 2.39. The fourth-order valence-corrected chi connectivity index (χ4v) is 2.07. The van der Waals surface area contributed by atoms with Gasteiger partial charge in [-0.05, 0) is 12.1 Å². The van der Waals surface area contributed by atoms with Crippen LogP contribution in [0.25, 0.3) is 0 Å². The zero-order valence-electron chi connectivity index (χ0n) is 8.34. The van der Waals surface area contributed by atoms with Crippen molar-refractivity contribution in [1.82, 2.24) is 0 Å². The number of benzene rings is 1. The zero-order valence-corrected chi connectivity index (χ0v) is 10.1. The summed E-state index contributed by atoms with van der Waals surface area (Å²) >= 11 is 0. The Labute approximate surface area is 98.6 Å². The maximum absolute atomic E-state index is 9.42. The number of aromatic hydroxyl groups is 1. The van der Waals surface area contributed by atoms with Crippen LogP contribution < -0.4 is 9.80 Å². The molecule has 1 N–H and O–H groups in total. The molecule has 1 aromatic rings. The first-order valence-corrected chi connectivity index (χ1v) is 4.66. The Hall–Kier alpha value is -1.23. The van der Waals surface area contributed by atoms with E-state index in [9.17, 15) is 5.11 Å². The maximum Gasteiger partial charge on any atom is 0.205 e. The third-order valence-electron chi connectivity index (χ3n) is 2.73. The molecule has 1 aromatic carbocycles. The van der Waals surface area contributed by atoms with Crippen molar-refractivity contribution < 1.29 is 5.11 Å². The lowest BCUT2D eigenvalue weighted by molar-refractivity contribution is 0.475. The Kier molecular flexibility index (Phi) is 2.34. The topological polar surface area (TPSA) is 39.1 Å². The number of anilines is 2. The van der Waals surface area contributed by atoms with Crippen molar-refractivity contribution in [3.63, 3.8) is 0 Å². The number of hydrogen-bond donors (Lipinski definition) is 1. The van der Waals surface area contributed by atoms with E-state index in [1.54, 1.807) is 12.1 Å². The number of rotatable bonds is 0. The van der Waals surface area contributed by atoms with Crippen LogP contribution in [0.5, 0.6) is 5.75 Å². The number of nitrogens with zero attached hydrogens (tertiary/aromatic N) is 3. The van der Waals surface area contributed by atoms with Crippen molar-refractivity contribution in [2.45, 2.75) is 0 Å². The lowest BCUT2D eigenvalue weighted by atomic mass is 10.2. The molecule has 0 unspecified atom stereocenters. The molecule has 0 radical (unpaired) electrons. The van der Waals surface area contributed by atoms with Crippen molar-refractivity contribution in [2.75, 3.05) is 29.9 Å². The third-order valence-corrected chi connectivity index (χ3v) is 2.73. The summed E-state index contributed by atoms with van der Waals surface area (Å²) in [6.07, 6.45) is 0. The fourth-order valence-electron chi connectivity index (χ4n) is 2.07. The standard InChI is InChI=1S/C10H11N3O.BrH/c1-12-8-3-2-7(14)6-9(8)13-5-4-11-10(12)13;/h2-3,6,14H,4-5H2,1H3;1H. The molecule has 0 saturated heterocycles. The van der Waals surface area contributed by atoms with Gasteiger partial charge >= 0.3 is 0 Å². The lowest BCUT2D eigenvalue weighted by Gasteiger charge is -2.12. The van der Waals surface area contributed by atoms with Crippen LogP contribution in [-0.4, -0.2) is 31.2 Å². The smallest absolute Gasteiger partial charge is 0.205 e. The molecule has 0 spiro atoms. The summed E-state index contributed by atoms with van der Waals surface area (Å²) in [5.41, 5.74) is 2.17. The average molecular weight is 270 g/mol. The molecule has 15 heavy (non-hydrogen) atoms. The van der Waals surface area contributed by atoms with E-state index in [4.69, 9.17) is 0 Å². The van der Waals surface area contributed by atoms with Crippen molar-refractivity contribution in [3.8, 4) is 5.75 Å². The Balaban J connectivity index is 0.000000853. The highest BCUT2D eigenvalue weighted by molar-refractivity contribution is 8.93. The second-order valence-corrected chi connectivity index (χ2v) is 3.57. The molecule has 2 aliphatic heterocycles. The highest BCUT2D eigenvalue weighted by atomic mass is 79.9. The molecule has 0 aliphatic carbocycles. The number of phenols is 1. The van der Waals surface area contributed by atoms with Gasteiger partial charge in [0, 0.05) is 19.7 Å². The van der Waals surface area contributed by atoms with Gasteiger partial charge in [0.05, 0.1) is 17.9 Å². The first-order valence-electron chi connectivity index (χ1n) is 4.66. The summed E-state index contributed by atoms with van der Waals surface area (Å²) in [4.78, 5) is 8.60. The van der Waals surface area contributed by atoms with E-state index in [-0.39, 0.29) is 17.0 Å². The molecule has 80 valence electrons. The zero-order chi connectivity index (χ0) is 9.71. The van der Waals surface area contributed by atoms with Crippen LogP contribution >= 0.6 is 17.0 Å². The predicted molar refractivity (Wildman–Crippen MR) is 66.5 cm³/mol. The van der Waals surface area contributed by atoms with E-state index in [1.807, 2.05) is 13.1 Å². The van der Waals surface area contributed by atoms with Crippen molar-refractivity contribution >= 4 is 34.3 Å². The Morgan fingerprint density at radius 3 is 2.93 bits per heavy atom. The highest BCUT2D eigenvalue weighted by Gasteiger charge is 2.32. The molecule has 2 heterocycles. The molecular weight excluding hydrogens is 258 g/mol. The maximum atomic E-state index is 9.42. The van der Waals surface area contributed by atoms with E-state index in [0.29, 0.717) is 5.75 Å². The molecule has 5 heteroatoms. The molecule has 0 fully saturated rings. The first-order chi connectivity index (χ1) is 6.77. The van der Waals surface area contributed by atoms with Crippen LogP contribution in [0.2, 0.25) is 0 Å². The minimum atomic E-state index is 0. The third kappa shape index (κ3) is 1.30. The Morgan fingerprint density at radius 2 is 2.13 bits per heavy atom. The predicted octanol–water partition coefficient (Wildman–Crippen LogP) is 1.60. The summed E-state index contributed by atoms with van der Waals surface area (Å²) in [5, 5.41) is 9.42. The molecular formula is C10H12BrN3O. The van der Waals surface area contributed by atoms with Crippen LogP contribution in [-0.2, 0) is 0 Å². The van der Waals surface area contributed by atoms with Crippen LogP contribution in [0.15, 0.2) is 23.2 Å². The monoisotopic (exact) mass is 269 g/mol. The summed E-state index contributed by atoms with van der Waals surface area (Å²) in [7, 11) is 2.00.